The highest BCUT2D eigenvalue weighted by atomic mass is 16.5. The normalized spacial score (nSPS) is 11.6. The number of hydrogen-bond acceptors (Lipinski definition) is 4. The second kappa shape index (κ2) is 8.87. The lowest BCUT2D eigenvalue weighted by atomic mass is 10.1. The average molecular weight is 374 g/mol. The molecular weight excluding hydrogens is 352 g/mol. The molecule has 3 aromatic rings. The van der Waals surface area contributed by atoms with Gasteiger partial charge >= 0.3 is 0 Å². The Morgan fingerprint density at radius 2 is 1.93 bits per heavy atom. The standard InChI is InChI=1S/C22H22N4O2/c1-16(2)21(28-20-7-4-3-6-18(20)14-23)22(27)25-19-10-8-17(9-11-19)15-26-13-5-12-24-26/h3-13,16,21H,15H2,1-2H3,(H,25,27). The molecule has 0 aliphatic rings. The second-order valence-corrected chi connectivity index (χ2v) is 6.78. The van der Waals surface area contributed by atoms with Crippen LogP contribution in [-0.4, -0.2) is 21.8 Å². The number of ether oxygens (including phenoxy) is 1. The van der Waals surface area contributed by atoms with E-state index < -0.39 is 6.10 Å². The first-order valence-corrected chi connectivity index (χ1v) is 9.10. The lowest BCUT2D eigenvalue weighted by Crippen LogP contribution is -2.37. The van der Waals surface area contributed by atoms with Crippen LogP contribution in [0.4, 0.5) is 5.69 Å². The molecule has 0 bridgehead atoms. The number of benzene rings is 2. The van der Waals surface area contributed by atoms with E-state index in [1.165, 1.54) is 0 Å². The minimum atomic E-state index is -0.710. The summed E-state index contributed by atoms with van der Waals surface area (Å²) in [5.41, 5.74) is 2.18. The number of carbonyl (C=O) groups excluding carboxylic acids is 1. The summed E-state index contributed by atoms with van der Waals surface area (Å²) >= 11 is 0. The van der Waals surface area contributed by atoms with Crippen LogP contribution < -0.4 is 10.1 Å². The molecule has 1 amide bonds. The summed E-state index contributed by atoms with van der Waals surface area (Å²) in [4.78, 5) is 12.8. The predicted octanol–water partition coefficient (Wildman–Crippen LogP) is 3.85. The maximum atomic E-state index is 12.8. The van der Waals surface area contributed by atoms with E-state index in [-0.39, 0.29) is 11.8 Å². The van der Waals surface area contributed by atoms with Crippen LogP contribution in [-0.2, 0) is 11.3 Å². The van der Waals surface area contributed by atoms with Crippen molar-refractivity contribution in [1.82, 2.24) is 9.78 Å². The Bertz CT molecular complexity index is 957. The van der Waals surface area contributed by atoms with Crippen LogP contribution in [0.25, 0.3) is 0 Å². The van der Waals surface area contributed by atoms with Gasteiger partial charge in [0.25, 0.3) is 5.91 Å². The van der Waals surface area contributed by atoms with Crippen LogP contribution in [0.3, 0.4) is 0 Å². The zero-order valence-electron chi connectivity index (χ0n) is 15.9. The van der Waals surface area contributed by atoms with E-state index in [1.54, 1.807) is 30.5 Å². The van der Waals surface area contributed by atoms with E-state index in [2.05, 4.69) is 16.5 Å². The third kappa shape index (κ3) is 4.77. The summed E-state index contributed by atoms with van der Waals surface area (Å²) in [5, 5.41) is 16.3. The first kappa shape index (κ1) is 19.2. The van der Waals surface area contributed by atoms with E-state index in [1.807, 2.05) is 55.1 Å². The zero-order valence-corrected chi connectivity index (χ0v) is 15.9. The molecule has 2 aromatic carbocycles. The molecule has 6 heteroatoms. The highest BCUT2D eigenvalue weighted by molar-refractivity contribution is 5.94. The van der Waals surface area contributed by atoms with Gasteiger partial charge in [-0.1, -0.05) is 38.1 Å². The largest absolute Gasteiger partial charge is 0.479 e. The molecular formula is C22H22N4O2. The summed E-state index contributed by atoms with van der Waals surface area (Å²) in [5.74, 6) is 0.0989. The molecule has 3 rings (SSSR count). The van der Waals surface area contributed by atoms with Crippen LogP contribution in [0.2, 0.25) is 0 Å². The summed E-state index contributed by atoms with van der Waals surface area (Å²) in [6.07, 6.45) is 2.93. The fraction of sp³-hybridized carbons (Fsp3) is 0.227. The molecule has 0 fully saturated rings. The van der Waals surface area contributed by atoms with Gasteiger partial charge in [0.15, 0.2) is 6.10 Å². The van der Waals surface area contributed by atoms with Crippen LogP contribution in [0.5, 0.6) is 5.75 Å². The van der Waals surface area contributed by atoms with E-state index in [0.717, 1.165) is 5.56 Å². The molecule has 0 saturated carbocycles. The van der Waals surface area contributed by atoms with E-state index >= 15 is 0 Å². The van der Waals surface area contributed by atoms with Crippen LogP contribution in [0.15, 0.2) is 67.0 Å². The fourth-order valence-electron chi connectivity index (χ4n) is 2.78. The Morgan fingerprint density at radius 3 is 2.57 bits per heavy atom. The third-order valence-corrected chi connectivity index (χ3v) is 4.25. The highest BCUT2D eigenvalue weighted by Crippen LogP contribution is 2.22. The number of para-hydroxylation sites is 1. The van der Waals surface area contributed by atoms with Crippen molar-refractivity contribution in [3.05, 3.63) is 78.1 Å². The van der Waals surface area contributed by atoms with Crippen molar-refractivity contribution < 1.29 is 9.53 Å². The van der Waals surface area contributed by atoms with E-state index in [0.29, 0.717) is 23.5 Å². The van der Waals surface area contributed by atoms with Crippen molar-refractivity contribution in [1.29, 1.82) is 5.26 Å². The van der Waals surface area contributed by atoms with Crippen molar-refractivity contribution >= 4 is 11.6 Å². The number of anilines is 1. The molecule has 142 valence electrons. The summed E-state index contributed by atoms with van der Waals surface area (Å²) in [6.45, 7) is 4.49. The van der Waals surface area contributed by atoms with Gasteiger partial charge in [0, 0.05) is 18.1 Å². The summed E-state index contributed by atoms with van der Waals surface area (Å²) in [6, 6.07) is 18.5. The van der Waals surface area contributed by atoms with Crippen molar-refractivity contribution in [2.24, 2.45) is 5.92 Å². The van der Waals surface area contributed by atoms with Gasteiger partial charge in [0.2, 0.25) is 0 Å². The van der Waals surface area contributed by atoms with Crippen molar-refractivity contribution in [3.8, 4) is 11.8 Å². The van der Waals surface area contributed by atoms with Gasteiger partial charge in [0.1, 0.15) is 11.8 Å². The summed E-state index contributed by atoms with van der Waals surface area (Å²) in [7, 11) is 0. The van der Waals surface area contributed by atoms with Crippen molar-refractivity contribution in [2.75, 3.05) is 5.32 Å². The number of amides is 1. The molecule has 1 heterocycles. The molecule has 0 radical (unpaired) electrons. The molecule has 0 spiro atoms. The number of rotatable bonds is 7. The zero-order chi connectivity index (χ0) is 19.9. The molecule has 6 nitrogen and oxygen atoms in total. The molecule has 1 aromatic heterocycles. The Hall–Kier alpha value is -3.59. The van der Waals surface area contributed by atoms with Gasteiger partial charge in [-0.2, -0.15) is 10.4 Å². The minimum absolute atomic E-state index is 0.0640. The maximum absolute atomic E-state index is 12.8. The van der Waals surface area contributed by atoms with Crippen LogP contribution in [0.1, 0.15) is 25.0 Å². The predicted molar refractivity (Wildman–Crippen MR) is 107 cm³/mol. The van der Waals surface area contributed by atoms with Gasteiger partial charge in [-0.05, 0) is 41.8 Å². The maximum Gasteiger partial charge on any atom is 0.265 e. The lowest BCUT2D eigenvalue weighted by molar-refractivity contribution is -0.124. The topological polar surface area (TPSA) is 79.9 Å². The van der Waals surface area contributed by atoms with E-state index in [4.69, 9.17) is 4.74 Å². The molecule has 1 unspecified atom stereocenters. The highest BCUT2D eigenvalue weighted by Gasteiger charge is 2.25. The van der Waals surface area contributed by atoms with Crippen molar-refractivity contribution in [2.45, 2.75) is 26.5 Å². The quantitative estimate of drug-likeness (QED) is 0.681. The van der Waals surface area contributed by atoms with Gasteiger partial charge in [-0.25, -0.2) is 0 Å². The Labute approximate surface area is 164 Å². The molecule has 1 N–H and O–H groups in total. The minimum Gasteiger partial charge on any atom is -0.479 e. The average Bonchev–Trinajstić information content (AvgIpc) is 3.20. The molecule has 0 aliphatic heterocycles. The van der Waals surface area contributed by atoms with Gasteiger partial charge in [-0.3, -0.25) is 9.48 Å². The first-order chi connectivity index (χ1) is 13.6. The SMILES string of the molecule is CC(C)C(Oc1ccccc1C#N)C(=O)Nc1ccc(Cn2cccn2)cc1. The molecule has 0 saturated heterocycles. The smallest absolute Gasteiger partial charge is 0.265 e. The van der Waals surface area contributed by atoms with Crippen LogP contribution in [0, 0.1) is 17.2 Å². The number of carbonyl (C=O) groups is 1. The molecule has 0 aliphatic carbocycles. The van der Waals surface area contributed by atoms with Gasteiger partial charge in [0.05, 0.1) is 12.1 Å². The number of nitrogens with zero attached hydrogens (tertiary/aromatic N) is 3. The monoisotopic (exact) mass is 374 g/mol. The summed E-state index contributed by atoms with van der Waals surface area (Å²) < 4.78 is 7.72. The molecule has 1 atom stereocenters. The van der Waals surface area contributed by atoms with Gasteiger partial charge in [-0.15, -0.1) is 0 Å². The fourth-order valence-corrected chi connectivity index (χ4v) is 2.78. The molecule has 28 heavy (non-hydrogen) atoms. The van der Waals surface area contributed by atoms with Crippen molar-refractivity contribution in [3.63, 3.8) is 0 Å². The number of nitrogens with one attached hydrogen (secondary N) is 1. The van der Waals surface area contributed by atoms with Gasteiger partial charge < -0.3 is 10.1 Å². The number of hydrogen-bond donors (Lipinski definition) is 1. The third-order valence-electron chi connectivity index (χ3n) is 4.25. The second-order valence-electron chi connectivity index (χ2n) is 6.78. The number of nitriles is 1. The van der Waals surface area contributed by atoms with Crippen LogP contribution >= 0.6 is 0 Å². The Kier molecular flexibility index (Phi) is 6.07. The lowest BCUT2D eigenvalue weighted by Gasteiger charge is -2.22. The first-order valence-electron chi connectivity index (χ1n) is 9.10. The van der Waals surface area contributed by atoms with E-state index in [9.17, 15) is 10.1 Å². The Balaban J connectivity index is 1.68. The number of aromatic nitrogens is 2. The Morgan fingerprint density at radius 1 is 1.18 bits per heavy atom.